The molecule has 1 aliphatic rings. The molecule has 0 spiro atoms. The number of nitrogens with zero attached hydrogens (tertiary/aromatic N) is 4. The second kappa shape index (κ2) is 13.6. The maximum Gasteiger partial charge on any atom is 0.490 e. The van der Waals surface area contributed by atoms with E-state index >= 15 is 0 Å². The van der Waals surface area contributed by atoms with E-state index in [0.717, 1.165) is 55.0 Å². The van der Waals surface area contributed by atoms with Gasteiger partial charge in [-0.25, -0.2) is 23.9 Å². The molecule has 0 amide bonds. The van der Waals surface area contributed by atoms with Crippen LogP contribution in [0.4, 0.5) is 30.7 Å². The molecule has 3 aromatic rings. The number of halogens is 7. The highest BCUT2D eigenvalue weighted by Gasteiger charge is 2.38. The molecule has 8 nitrogen and oxygen atoms in total. The van der Waals surface area contributed by atoms with Crippen LogP contribution in [0.2, 0.25) is 0 Å². The first kappa shape index (κ1) is 31.1. The molecule has 39 heavy (non-hydrogen) atoms. The van der Waals surface area contributed by atoms with Crippen molar-refractivity contribution in [2.45, 2.75) is 31.7 Å². The van der Waals surface area contributed by atoms with Crippen molar-refractivity contribution in [1.82, 2.24) is 19.9 Å². The zero-order chi connectivity index (χ0) is 29.2. The molecular weight excluding hydrogens is 541 g/mol. The summed E-state index contributed by atoms with van der Waals surface area (Å²) in [5.41, 5.74) is 5.59. The zero-order valence-corrected chi connectivity index (χ0v) is 19.9. The van der Waals surface area contributed by atoms with Crippen LogP contribution in [0.5, 0.6) is 0 Å². The lowest BCUT2D eigenvalue weighted by Gasteiger charge is -2.19. The van der Waals surface area contributed by atoms with Crippen molar-refractivity contribution >= 4 is 11.9 Å². The Morgan fingerprint density at radius 3 is 1.85 bits per heavy atom. The van der Waals surface area contributed by atoms with Crippen molar-refractivity contribution < 1.29 is 50.5 Å². The largest absolute Gasteiger partial charge is 0.490 e. The fourth-order valence-electron chi connectivity index (χ4n) is 3.34. The Morgan fingerprint density at radius 2 is 1.33 bits per heavy atom. The van der Waals surface area contributed by atoms with E-state index in [-0.39, 0.29) is 5.82 Å². The summed E-state index contributed by atoms with van der Waals surface area (Å²) < 4.78 is 76.6. The number of pyridine rings is 1. The minimum absolute atomic E-state index is 0.190. The lowest BCUT2D eigenvalue weighted by Crippen LogP contribution is -2.25. The van der Waals surface area contributed by atoms with Crippen molar-refractivity contribution in [3.05, 3.63) is 77.8 Å². The number of aliphatic carboxylic acids is 2. The number of carboxylic acids is 2. The normalized spacial score (nSPS) is 13.5. The number of fused-ring (bicyclic) bond motifs is 1. The van der Waals surface area contributed by atoms with Crippen molar-refractivity contribution in [2.24, 2.45) is 0 Å². The highest BCUT2D eigenvalue weighted by atomic mass is 19.4. The van der Waals surface area contributed by atoms with Gasteiger partial charge in [-0.3, -0.25) is 9.88 Å². The van der Waals surface area contributed by atoms with Crippen LogP contribution < -0.4 is 0 Å². The number of alkyl halides is 6. The Morgan fingerprint density at radius 1 is 0.821 bits per heavy atom. The Kier molecular flexibility index (Phi) is 10.8. The van der Waals surface area contributed by atoms with Crippen molar-refractivity contribution in [1.29, 1.82) is 0 Å². The first-order chi connectivity index (χ1) is 18.2. The van der Waals surface area contributed by atoms with Crippen LogP contribution in [0.25, 0.3) is 11.3 Å². The summed E-state index contributed by atoms with van der Waals surface area (Å²) >= 11 is 0. The third kappa shape index (κ3) is 10.3. The molecule has 4 rings (SSSR count). The van der Waals surface area contributed by atoms with Crippen LogP contribution in [-0.4, -0.2) is 67.4 Å². The molecule has 210 valence electrons. The van der Waals surface area contributed by atoms with Gasteiger partial charge in [-0.15, -0.1) is 0 Å². The monoisotopic (exact) mass is 562 g/mol. The van der Waals surface area contributed by atoms with Gasteiger partial charge in [0.15, 0.2) is 0 Å². The van der Waals surface area contributed by atoms with Crippen LogP contribution in [0, 0.1) is 5.82 Å². The Hall–Kier alpha value is -4.14. The van der Waals surface area contributed by atoms with Gasteiger partial charge in [-0.1, -0.05) is 12.1 Å². The SMILES string of the molecule is Fc1ccc(CN2CCc3ncnc(-c4ccncc4)c3CC2)cc1.O=C(O)C(F)(F)F.O=C(O)C(F)(F)F. The van der Waals surface area contributed by atoms with E-state index in [2.05, 4.69) is 19.9 Å². The number of benzene rings is 1. The number of hydrogen-bond donors (Lipinski definition) is 2. The van der Waals surface area contributed by atoms with Crippen LogP contribution in [-0.2, 0) is 29.0 Å². The molecule has 0 atom stereocenters. The lowest BCUT2D eigenvalue weighted by atomic mass is 10.0. The molecule has 1 aliphatic heterocycles. The molecule has 0 fully saturated rings. The molecule has 2 aromatic heterocycles. The Balaban J connectivity index is 0.000000317. The van der Waals surface area contributed by atoms with Gasteiger partial charge in [-0.05, 0) is 36.2 Å². The van der Waals surface area contributed by atoms with E-state index in [4.69, 9.17) is 19.8 Å². The summed E-state index contributed by atoms with van der Waals surface area (Å²) in [6.07, 6.45) is -3.11. The molecule has 0 unspecified atom stereocenters. The summed E-state index contributed by atoms with van der Waals surface area (Å²) in [5.74, 6) is -5.70. The highest BCUT2D eigenvalue weighted by molar-refractivity contribution is 5.73. The number of hydrogen-bond acceptors (Lipinski definition) is 6. The van der Waals surface area contributed by atoms with Gasteiger partial charge in [0, 0.05) is 55.3 Å². The van der Waals surface area contributed by atoms with Gasteiger partial charge in [0.1, 0.15) is 12.1 Å². The third-order valence-electron chi connectivity index (χ3n) is 5.14. The number of carboxylic acid groups (broad SMARTS) is 2. The average Bonchev–Trinajstić information content (AvgIpc) is 3.08. The fraction of sp³-hybridized carbons (Fsp3) is 0.292. The molecule has 0 saturated heterocycles. The Labute approximate surface area is 216 Å². The molecule has 0 saturated carbocycles. The van der Waals surface area contributed by atoms with E-state index in [9.17, 15) is 30.7 Å². The van der Waals surface area contributed by atoms with Gasteiger partial charge < -0.3 is 10.2 Å². The van der Waals surface area contributed by atoms with Gasteiger partial charge >= 0.3 is 24.3 Å². The molecule has 15 heteroatoms. The topological polar surface area (TPSA) is 117 Å². The quantitative estimate of drug-likeness (QED) is 0.447. The van der Waals surface area contributed by atoms with Crippen LogP contribution in [0.1, 0.15) is 16.8 Å². The van der Waals surface area contributed by atoms with Gasteiger partial charge in [-0.2, -0.15) is 26.3 Å². The van der Waals surface area contributed by atoms with Crippen molar-refractivity contribution in [3.8, 4) is 11.3 Å². The first-order valence-corrected chi connectivity index (χ1v) is 11.0. The van der Waals surface area contributed by atoms with E-state index in [0.29, 0.717) is 0 Å². The van der Waals surface area contributed by atoms with E-state index < -0.39 is 24.3 Å². The van der Waals surface area contributed by atoms with Gasteiger partial charge in [0.2, 0.25) is 0 Å². The van der Waals surface area contributed by atoms with Crippen molar-refractivity contribution in [2.75, 3.05) is 13.1 Å². The maximum atomic E-state index is 13.1. The summed E-state index contributed by atoms with van der Waals surface area (Å²) in [4.78, 5) is 33.3. The summed E-state index contributed by atoms with van der Waals surface area (Å²) in [6, 6.07) is 10.7. The fourth-order valence-corrected chi connectivity index (χ4v) is 3.34. The second-order valence-electron chi connectivity index (χ2n) is 7.89. The van der Waals surface area contributed by atoms with E-state index in [1.807, 2.05) is 24.3 Å². The minimum atomic E-state index is -5.08. The lowest BCUT2D eigenvalue weighted by molar-refractivity contribution is -0.193. The standard InChI is InChI=1S/C20H19FN4.2C2HF3O2/c21-17-3-1-15(2-4-17)13-25-11-7-18-19(8-12-25)23-14-24-20(18)16-5-9-22-10-6-16;2*3-2(4,5)1(6)7/h1-6,9-10,14H,7-8,11-13H2;2*(H,6,7). The summed E-state index contributed by atoms with van der Waals surface area (Å²) in [5, 5.41) is 14.2. The van der Waals surface area contributed by atoms with E-state index in [1.165, 1.54) is 17.7 Å². The predicted octanol–water partition coefficient (Wildman–Crippen LogP) is 4.55. The molecule has 0 radical (unpaired) electrons. The molecule has 0 bridgehead atoms. The number of aromatic nitrogens is 3. The van der Waals surface area contributed by atoms with Crippen LogP contribution >= 0.6 is 0 Å². The second-order valence-corrected chi connectivity index (χ2v) is 7.89. The summed E-state index contributed by atoms with van der Waals surface area (Å²) in [7, 11) is 0. The third-order valence-corrected chi connectivity index (χ3v) is 5.14. The number of rotatable bonds is 3. The molecule has 2 N–H and O–H groups in total. The molecule has 1 aromatic carbocycles. The maximum absolute atomic E-state index is 13.1. The number of carbonyl (C=O) groups is 2. The van der Waals surface area contributed by atoms with Gasteiger partial charge in [0.05, 0.1) is 5.69 Å². The zero-order valence-electron chi connectivity index (χ0n) is 19.9. The van der Waals surface area contributed by atoms with Crippen LogP contribution in [0.15, 0.2) is 55.1 Å². The smallest absolute Gasteiger partial charge is 0.475 e. The minimum Gasteiger partial charge on any atom is -0.475 e. The molecular formula is C24H21F7N4O4. The molecule has 3 heterocycles. The van der Waals surface area contributed by atoms with Crippen molar-refractivity contribution in [3.63, 3.8) is 0 Å². The predicted molar refractivity (Wildman–Crippen MR) is 122 cm³/mol. The molecule has 0 aliphatic carbocycles. The van der Waals surface area contributed by atoms with Gasteiger partial charge in [0.25, 0.3) is 0 Å². The highest BCUT2D eigenvalue weighted by Crippen LogP contribution is 2.25. The summed E-state index contributed by atoms with van der Waals surface area (Å²) in [6.45, 7) is 2.71. The Bertz CT molecular complexity index is 1210. The first-order valence-electron chi connectivity index (χ1n) is 11.0. The average molecular weight is 562 g/mol. The van der Waals surface area contributed by atoms with E-state index in [1.54, 1.807) is 18.7 Å². The van der Waals surface area contributed by atoms with Crippen LogP contribution in [0.3, 0.4) is 0 Å².